The van der Waals surface area contributed by atoms with E-state index in [1.54, 1.807) is 6.07 Å². The summed E-state index contributed by atoms with van der Waals surface area (Å²) in [5, 5.41) is 8.69. The van der Waals surface area contributed by atoms with Crippen LogP contribution in [0.25, 0.3) is 11.0 Å². The molecule has 0 aliphatic rings. The predicted octanol–water partition coefficient (Wildman–Crippen LogP) is 2.56. The summed E-state index contributed by atoms with van der Waals surface area (Å²) >= 11 is 0. The molecule has 1 heterocycles. The van der Waals surface area contributed by atoms with Crippen LogP contribution < -0.4 is 0 Å². The number of benzene rings is 1. The molecule has 6 heteroatoms. The average molecular weight is 292 g/mol. The lowest BCUT2D eigenvalue weighted by atomic mass is 10.2. The molecule has 0 radical (unpaired) electrons. The maximum absolute atomic E-state index is 13.3. The minimum atomic E-state index is -0.854. The molecule has 5 nitrogen and oxygen atoms in total. The third-order valence-corrected chi connectivity index (χ3v) is 3.27. The van der Waals surface area contributed by atoms with E-state index in [1.807, 2.05) is 4.57 Å². The van der Waals surface area contributed by atoms with Crippen LogP contribution >= 0.6 is 0 Å². The SMILES string of the molecule is CC(=O)CCn1c(CCCC(=O)O)nc2cc(F)ccc21. The van der Waals surface area contributed by atoms with Crippen molar-refractivity contribution < 1.29 is 19.1 Å². The van der Waals surface area contributed by atoms with Gasteiger partial charge in [0.15, 0.2) is 0 Å². The van der Waals surface area contributed by atoms with E-state index in [2.05, 4.69) is 4.98 Å². The van der Waals surface area contributed by atoms with Gasteiger partial charge in [-0.25, -0.2) is 9.37 Å². The Bertz CT molecular complexity index is 679. The summed E-state index contributed by atoms with van der Waals surface area (Å²) in [6.45, 7) is 1.99. The molecule has 0 saturated carbocycles. The fourth-order valence-electron chi connectivity index (χ4n) is 2.26. The minimum Gasteiger partial charge on any atom is -0.481 e. The van der Waals surface area contributed by atoms with Crippen molar-refractivity contribution in [3.05, 3.63) is 29.8 Å². The van der Waals surface area contributed by atoms with Gasteiger partial charge in [-0.1, -0.05) is 0 Å². The second kappa shape index (κ2) is 6.47. The number of rotatable bonds is 7. The van der Waals surface area contributed by atoms with E-state index in [9.17, 15) is 14.0 Å². The van der Waals surface area contributed by atoms with Gasteiger partial charge < -0.3 is 9.67 Å². The number of aromatic nitrogens is 2. The Kier molecular flexibility index (Phi) is 4.67. The molecule has 0 atom stereocenters. The predicted molar refractivity (Wildman–Crippen MR) is 75.6 cm³/mol. The summed E-state index contributed by atoms with van der Waals surface area (Å²) in [6, 6.07) is 4.34. The monoisotopic (exact) mass is 292 g/mol. The molecule has 1 aromatic carbocycles. The highest BCUT2D eigenvalue weighted by atomic mass is 19.1. The van der Waals surface area contributed by atoms with E-state index in [-0.39, 0.29) is 18.0 Å². The lowest BCUT2D eigenvalue weighted by molar-refractivity contribution is -0.137. The quantitative estimate of drug-likeness (QED) is 0.851. The molecule has 2 aromatic rings. The van der Waals surface area contributed by atoms with Gasteiger partial charge in [-0.3, -0.25) is 9.59 Å². The number of carbonyl (C=O) groups excluding carboxylic acids is 1. The molecule has 0 bridgehead atoms. The Morgan fingerprint density at radius 1 is 1.33 bits per heavy atom. The third kappa shape index (κ3) is 3.87. The lowest BCUT2D eigenvalue weighted by Gasteiger charge is -2.07. The van der Waals surface area contributed by atoms with Crippen molar-refractivity contribution in [1.29, 1.82) is 0 Å². The Hall–Kier alpha value is -2.24. The standard InChI is InChI=1S/C15H17FN2O3/c1-10(19)7-8-18-13-6-5-11(16)9-12(13)17-14(18)3-2-4-15(20)21/h5-6,9H,2-4,7-8H2,1H3,(H,20,21). The highest BCUT2D eigenvalue weighted by molar-refractivity contribution is 5.78. The Balaban J connectivity index is 2.29. The summed E-state index contributed by atoms with van der Waals surface area (Å²) in [5.74, 6) is -0.461. The number of ketones is 1. The van der Waals surface area contributed by atoms with E-state index in [1.165, 1.54) is 19.1 Å². The van der Waals surface area contributed by atoms with Crippen LogP contribution in [0.15, 0.2) is 18.2 Å². The largest absolute Gasteiger partial charge is 0.481 e. The fraction of sp³-hybridized carbons (Fsp3) is 0.400. The van der Waals surface area contributed by atoms with E-state index in [4.69, 9.17) is 5.11 Å². The number of carbonyl (C=O) groups is 2. The van der Waals surface area contributed by atoms with Crippen molar-refractivity contribution >= 4 is 22.8 Å². The number of imidazole rings is 1. The van der Waals surface area contributed by atoms with E-state index in [0.717, 1.165) is 5.52 Å². The highest BCUT2D eigenvalue weighted by Gasteiger charge is 2.12. The minimum absolute atomic E-state index is 0.0598. The molecule has 1 N–H and O–H groups in total. The van der Waals surface area contributed by atoms with Crippen LogP contribution in [0, 0.1) is 5.82 Å². The van der Waals surface area contributed by atoms with Gasteiger partial charge in [0, 0.05) is 31.9 Å². The van der Waals surface area contributed by atoms with Crippen LogP contribution in [-0.2, 0) is 22.6 Å². The molecule has 1 aromatic heterocycles. The first-order valence-electron chi connectivity index (χ1n) is 6.83. The van der Waals surface area contributed by atoms with Crippen molar-refractivity contribution in [1.82, 2.24) is 9.55 Å². The molecule has 0 fully saturated rings. The van der Waals surface area contributed by atoms with Gasteiger partial charge in [-0.05, 0) is 25.5 Å². The van der Waals surface area contributed by atoms with Gasteiger partial charge in [-0.15, -0.1) is 0 Å². The normalized spacial score (nSPS) is 11.0. The zero-order chi connectivity index (χ0) is 15.4. The zero-order valence-electron chi connectivity index (χ0n) is 11.8. The molecule has 0 amide bonds. The maximum atomic E-state index is 13.3. The van der Waals surface area contributed by atoms with Crippen LogP contribution in [0.2, 0.25) is 0 Å². The molecular formula is C15H17FN2O3. The van der Waals surface area contributed by atoms with Crippen molar-refractivity contribution in [3.8, 4) is 0 Å². The molecule has 0 spiro atoms. The third-order valence-electron chi connectivity index (χ3n) is 3.27. The second-order valence-electron chi connectivity index (χ2n) is 5.01. The number of hydrogen-bond donors (Lipinski definition) is 1. The summed E-state index contributed by atoms with van der Waals surface area (Å²) in [7, 11) is 0. The molecule has 0 unspecified atom stereocenters. The number of nitrogens with zero attached hydrogens (tertiary/aromatic N) is 2. The summed E-state index contributed by atoms with van der Waals surface area (Å²) in [4.78, 5) is 26.1. The number of carboxylic acids is 1. The number of hydrogen-bond acceptors (Lipinski definition) is 3. The lowest BCUT2D eigenvalue weighted by Crippen LogP contribution is -2.08. The van der Waals surface area contributed by atoms with Gasteiger partial charge in [0.25, 0.3) is 0 Å². The topological polar surface area (TPSA) is 72.2 Å². The number of aliphatic carboxylic acids is 1. The van der Waals surface area contributed by atoms with Crippen molar-refractivity contribution in [3.63, 3.8) is 0 Å². The van der Waals surface area contributed by atoms with Crippen molar-refractivity contribution in [2.75, 3.05) is 0 Å². The van der Waals surface area contributed by atoms with Gasteiger partial charge in [0.1, 0.15) is 17.4 Å². The number of aryl methyl sites for hydroxylation is 2. The van der Waals surface area contributed by atoms with Gasteiger partial charge in [0.05, 0.1) is 11.0 Å². The van der Waals surface area contributed by atoms with Crippen LogP contribution in [0.4, 0.5) is 4.39 Å². The molecular weight excluding hydrogens is 275 g/mol. The number of fused-ring (bicyclic) bond motifs is 1. The highest BCUT2D eigenvalue weighted by Crippen LogP contribution is 2.19. The van der Waals surface area contributed by atoms with Gasteiger partial charge in [-0.2, -0.15) is 0 Å². The Morgan fingerprint density at radius 3 is 2.76 bits per heavy atom. The molecule has 112 valence electrons. The Labute approximate surface area is 121 Å². The van der Waals surface area contributed by atoms with Crippen LogP contribution in [-0.4, -0.2) is 26.4 Å². The molecule has 0 aliphatic heterocycles. The van der Waals surface area contributed by atoms with E-state index < -0.39 is 5.97 Å². The zero-order valence-corrected chi connectivity index (χ0v) is 11.8. The first-order chi connectivity index (χ1) is 9.97. The van der Waals surface area contributed by atoms with Crippen LogP contribution in [0.5, 0.6) is 0 Å². The van der Waals surface area contributed by atoms with Crippen molar-refractivity contribution in [2.45, 2.75) is 39.2 Å². The van der Waals surface area contributed by atoms with Crippen LogP contribution in [0.3, 0.4) is 0 Å². The second-order valence-corrected chi connectivity index (χ2v) is 5.01. The smallest absolute Gasteiger partial charge is 0.303 e. The summed E-state index contributed by atoms with van der Waals surface area (Å²) in [6.07, 6.45) is 1.38. The maximum Gasteiger partial charge on any atom is 0.303 e. The molecule has 0 aliphatic carbocycles. The fourth-order valence-corrected chi connectivity index (χ4v) is 2.26. The van der Waals surface area contributed by atoms with Gasteiger partial charge >= 0.3 is 5.97 Å². The number of halogens is 1. The first-order valence-corrected chi connectivity index (χ1v) is 6.83. The van der Waals surface area contributed by atoms with Crippen LogP contribution in [0.1, 0.15) is 32.0 Å². The molecule has 2 rings (SSSR count). The number of Topliss-reactive ketones (excluding diaryl/α,β-unsaturated/α-hetero) is 1. The van der Waals surface area contributed by atoms with Crippen molar-refractivity contribution in [2.24, 2.45) is 0 Å². The van der Waals surface area contributed by atoms with Gasteiger partial charge in [0.2, 0.25) is 0 Å². The first kappa shape index (κ1) is 15.2. The summed E-state index contributed by atoms with van der Waals surface area (Å²) < 4.78 is 15.1. The number of carboxylic acid groups (broad SMARTS) is 1. The molecule has 0 saturated heterocycles. The van der Waals surface area contributed by atoms with E-state index >= 15 is 0 Å². The molecule has 21 heavy (non-hydrogen) atoms. The average Bonchev–Trinajstić information content (AvgIpc) is 2.72. The Morgan fingerprint density at radius 2 is 2.10 bits per heavy atom. The summed E-state index contributed by atoms with van der Waals surface area (Å²) in [5.41, 5.74) is 1.30. The van der Waals surface area contributed by atoms with E-state index in [0.29, 0.717) is 37.1 Å².